The van der Waals surface area contributed by atoms with Gasteiger partial charge in [-0.25, -0.2) is 9.97 Å². The van der Waals surface area contributed by atoms with Crippen LogP contribution >= 0.6 is 0 Å². The quantitative estimate of drug-likeness (QED) is 0.804. The minimum atomic E-state index is 0.270. The van der Waals surface area contributed by atoms with Crippen molar-refractivity contribution in [2.45, 2.75) is 25.5 Å². The zero-order chi connectivity index (χ0) is 14.8. The van der Waals surface area contributed by atoms with Gasteiger partial charge in [0.05, 0.1) is 24.7 Å². The van der Waals surface area contributed by atoms with Crippen LogP contribution in [-0.2, 0) is 11.3 Å². The summed E-state index contributed by atoms with van der Waals surface area (Å²) in [7, 11) is 0. The van der Waals surface area contributed by atoms with Gasteiger partial charge in [-0.2, -0.15) is 0 Å². The minimum Gasteiger partial charge on any atom is -0.376 e. The van der Waals surface area contributed by atoms with Crippen LogP contribution in [-0.4, -0.2) is 32.2 Å². The molecule has 2 aromatic heterocycles. The van der Waals surface area contributed by atoms with Crippen LogP contribution in [0.4, 0.5) is 0 Å². The van der Waals surface area contributed by atoms with Gasteiger partial charge >= 0.3 is 0 Å². The van der Waals surface area contributed by atoms with E-state index in [0.29, 0.717) is 0 Å². The molecular formula is C17H18N4O. The van der Waals surface area contributed by atoms with Crippen LogP contribution in [0.25, 0.3) is 22.8 Å². The van der Waals surface area contributed by atoms with Gasteiger partial charge in [0.1, 0.15) is 5.69 Å². The molecule has 1 aromatic carbocycles. The van der Waals surface area contributed by atoms with Crippen molar-refractivity contribution >= 4 is 0 Å². The number of imidazole rings is 2. The highest BCUT2D eigenvalue weighted by molar-refractivity contribution is 5.75. The lowest BCUT2D eigenvalue weighted by Gasteiger charge is -2.13. The Morgan fingerprint density at radius 1 is 1.23 bits per heavy atom. The van der Waals surface area contributed by atoms with Crippen LogP contribution < -0.4 is 0 Å². The monoisotopic (exact) mass is 294 g/mol. The average Bonchev–Trinajstić information content (AvgIpc) is 3.30. The molecule has 4 rings (SSSR count). The SMILES string of the molecule is c1ccc(-c2ncn(CC3CCCO3)c2-c2ncc[nH]2)cc1. The summed E-state index contributed by atoms with van der Waals surface area (Å²) in [4.78, 5) is 12.3. The van der Waals surface area contributed by atoms with E-state index in [4.69, 9.17) is 4.74 Å². The van der Waals surface area contributed by atoms with Gasteiger partial charge in [0, 0.05) is 24.6 Å². The second-order valence-electron chi connectivity index (χ2n) is 5.53. The molecule has 1 aliphatic heterocycles. The fourth-order valence-electron chi connectivity index (χ4n) is 2.98. The molecule has 1 N–H and O–H groups in total. The predicted octanol–water partition coefficient (Wildman–Crippen LogP) is 3.12. The topological polar surface area (TPSA) is 55.7 Å². The van der Waals surface area contributed by atoms with Crippen LogP contribution in [0.15, 0.2) is 49.1 Å². The summed E-state index contributed by atoms with van der Waals surface area (Å²) < 4.78 is 7.91. The lowest BCUT2D eigenvalue weighted by atomic mass is 10.1. The molecule has 5 heteroatoms. The van der Waals surface area contributed by atoms with E-state index < -0.39 is 0 Å². The smallest absolute Gasteiger partial charge is 0.156 e. The molecule has 5 nitrogen and oxygen atoms in total. The van der Waals surface area contributed by atoms with Gasteiger partial charge in [-0.3, -0.25) is 0 Å². The van der Waals surface area contributed by atoms with Crippen molar-refractivity contribution in [3.63, 3.8) is 0 Å². The van der Waals surface area contributed by atoms with Crippen molar-refractivity contribution in [2.24, 2.45) is 0 Å². The third-order valence-electron chi connectivity index (χ3n) is 4.03. The molecule has 0 aliphatic carbocycles. The fraction of sp³-hybridized carbons (Fsp3) is 0.294. The summed E-state index contributed by atoms with van der Waals surface area (Å²) in [6.45, 7) is 1.68. The van der Waals surface area contributed by atoms with Gasteiger partial charge in [0.25, 0.3) is 0 Å². The van der Waals surface area contributed by atoms with E-state index in [1.807, 2.05) is 30.7 Å². The highest BCUT2D eigenvalue weighted by Gasteiger charge is 2.21. The van der Waals surface area contributed by atoms with E-state index >= 15 is 0 Å². The Morgan fingerprint density at radius 2 is 2.14 bits per heavy atom. The van der Waals surface area contributed by atoms with Gasteiger partial charge in [-0.05, 0) is 12.8 Å². The number of hydrogen-bond acceptors (Lipinski definition) is 3. The van der Waals surface area contributed by atoms with E-state index in [1.165, 1.54) is 0 Å². The largest absolute Gasteiger partial charge is 0.376 e. The van der Waals surface area contributed by atoms with Crippen LogP contribution in [0.1, 0.15) is 12.8 Å². The number of benzene rings is 1. The van der Waals surface area contributed by atoms with E-state index in [9.17, 15) is 0 Å². The first-order valence-electron chi connectivity index (χ1n) is 7.64. The van der Waals surface area contributed by atoms with Crippen molar-refractivity contribution in [3.05, 3.63) is 49.1 Å². The normalized spacial score (nSPS) is 17.9. The Hall–Kier alpha value is -2.40. The second kappa shape index (κ2) is 5.77. The maximum Gasteiger partial charge on any atom is 0.156 e. The Bertz CT molecular complexity index is 727. The molecular weight excluding hydrogens is 276 g/mol. The zero-order valence-corrected chi connectivity index (χ0v) is 12.3. The van der Waals surface area contributed by atoms with Gasteiger partial charge < -0.3 is 14.3 Å². The average molecular weight is 294 g/mol. The molecule has 1 fully saturated rings. The molecule has 0 amide bonds. The van der Waals surface area contributed by atoms with E-state index in [-0.39, 0.29) is 6.10 Å². The molecule has 22 heavy (non-hydrogen) atoms. The second-order valence-corrected chi connectivity index (χ2v) is 5.53. The van der Waals surface area contributed by atoms with E-state index in [1.54, 1.807) is 6.20 Å². The van der Waals surface area contributed by atoms with E-state index in [2.05, 4.69) is 31.7 Å². The maximum absolute atomic E-state index is 5.76. The summed E-state index contributed by atoms with van der Waals surface area (Å²) in [6.07, 6.45) is 8.02. The number of nitrogens with zero attached hydrogens (tertiary/aromatic N) is 3. The van der Waals surface area contributed by atoms with Crippen molar-refractivity contribution < 1.29 is 4.74 Å². The van der Waals surface area contributed by atoms with Crippen LogP contribution in [0.3, 0.4) is 0 Å². The summed E-state index contributed by atoms with van der Waals surface area (Å²) in [6, 6.07) is 10.2. The highest BCUT2D eigenvalue weighted by Crippen LogP contribution is 2.30. The number of aromatic nitrogens is 4. The van der Waals surface area contributed by atoms with Gasteiger partial charge in [-0.1, -0.05) is 30.3 Å². The van der Waals surface area contributed by atoms with Gasteiger partial charge in [0.2, 0.25) is 0 Å². The highest BCUT2D eigenvalue weighted by atomic mass is 16.5. The summed E-state index contributed by atoms with van der Waals surface area (Å²) in [5.74, 6) is 0.842. The Labute approximate surface area is 129 Å². The first kappa shape index (κ1) is 13.3. The standard InChI is InChI=1S/C17H18N4O/c1-2-5-13(6-3-1)15-16(17-18-8-9-19-17)21(12-20-15)11-14-7-4-10-22-14/h1-3,5-6,8-9,12,14H,4,7,10-11H2,(H,18,19). The lowest BCUT2D eigenvalue weighted by Crippen LogP contribution is -2.15. The molecule has 0 spiro atoms. The number of nitrogens with one attached hydrogen (secondary N) is 1. The third-order valence-corrected chi connectivity index (χ3v) is 4.03. The summed E-state index contributed by atoms with van der Waals surface area (Å²) in [5.41, 5.74) is 3.07. The van der Waals surface area contributed by atoms with E-state index in [0.717, 1.165) is 48.8 Å². The molecule has 1 unspecified atom stereocenters. The third kappa shape index (κ3) is 2.44. The number of H-pyrrole nitrogens is 1. The first-order chi connectivity index (χ1) is 10.9. The van der Waals surface area contributed by atoms with Crippen molar-refractivity contribution in [1.82, 2.24) is 19.5 Å². The molecule has 3 aromatic rings. The first-order valence-corrected chi connectivity index (χ1v) is 7.64. The predicted molar refractivity (Wildman–Crippen MR) is 84.2 cm³/mol. The van der Waals surface area contributed by atoms with Gasteiger partial charge in [0.15, 0.2) is 5.82 Å². The minimum absolute atomic E-state index is 0.270. The van der Waals surface area contributed by atoms with Crippen molar-refractivity contribution in [3.8, 4) is 22.8 Å². The number of ether oxygens (including phenoxy) is 1. The molecule has 1 atom stereocenters. The molecule has 1 saturated heterocycles. The molecule has 3 heterocycles. The number of aromatic amines is 1. The Morgan fingerprint density at radius 3 is 2.86 bits per heavy atom. The van der Waals surface area contributed by atoms with Crippen molar-refractivity contribution in [1.29, 1.82) is 0 Å². The summed E-state index contributed by atoms with van der Waals surface area (Å²) >= 11 is 0. The molecule has 0 bridgehead atoms. The molecule has 112 valence electrons. The van der Waals surface area contributed by atoms with Crippen LogP contribution in [0, 0.1) is 0 Å². The number of rotatable bonds is 4. The maximum atomic E-state index is 5.76. The molecule has 1 aliphatic rings. The lowest BCUT2D eigenvalue weighted by molar-refractivity contribution is 0.0973. The van der Waals surface area contributed by atoms with Crippen LogP contribution in [0.2, 0.25) is 0 Å². The Kier molecular flexibility index (Phi) is 3.48. The zero-order valence-electron chi connectivity index (χ0n) is 12.3. The van der Waals surface area contributed by atoms with Crippen molar-refractivity contribution in [2.75, 3.05) is 6.61 Å². The molecule has 0 saturated carbocycles. The van der Waals surface area contributed by atoms with Crippen LogP contribution in [0.5, 0.6) is 0 Å². The summed E-state index contributed by atoms with van der Waals surface area (Å²) in [5, 5.41) is 0. The number of hydrogen-bond donors (Lipinski definition) is 1. The van der Waals surface area contributed by atoms with Gasteiger partial charge in [-0.15, -0.1) is 0 Å². The Balaban J connectivity index is 1.77. The fourth-order valence-corrected chi connectivity index (χ4v) is 2.98. The molecule has 0 radical (unpaired) electrons.